The van der Waals surface area contributed by atoms with E-state index in [0.29, 0.717) is 27.5 Å². The molecule has 3 rings (SSSR count). The molecule has 112 valence electrons. The number of aromatic amines is 1. The number of nitrogens with one attached hydrogen (secondary N) is 3. The summed E-state index contributed by atoms with van der Waals surface area (Å²) >= 11 is 6.06. The highest BCUT2D eigenvalue weighted by Crippen LogP contribution is 2.23. The van der Waals surface area contributed by atoms with Crippen LogP contribution in [-0.4, -0.2) is 11.0 Å². The number of carbonyl (C=O) groups is 1. The molecule has 7 heteroatoms. The van der Waals surface area contributed by atoms with Gasteiger partial charge < -0.3 is 15.1 Å². The molecule has 0 atom stereocenters. The molecule has 3 aromatic rings. The van der Waals surface area contributed by atoms with Gasteiger partial charge >= 0.3 is 11.8 Å². The number of aromatic nitrogens is 1. The lowest BCUT2D eigenvalue weighted by atomic mass is 10.2. The van der Waals surface area contributed by atoms with Crippen molar-refractivity contribution in [2.45, 2.75) is 6.92 Å². The van der Waals surface area contributed by atoms with Gasteiger partial charge in [0, 0.05) is 11.8 Å². The van der Waals surface area contributed by atoms with E-state index in [9.17, 15) is 9.59 Å². The number of rotatable bonds is 2. The van der Waals surface area contributed by atoms with Crippen LogP contribution in [0.25, 0.3) is 11.1 Å². The van der Waals surface area contributed by atoms with Crippen molar-refractivity contribution < 1.29 is 9.21 Å². The number of anilines is 2. The quantitative estimate of drug-likeness (QED) is 0.673. The third-order valence-corrected chi connectivity index (χ3v) is 3.36. The number of urea groups is 1. The van der Waals surface area contributed by atoms with E-state index in [2.05, 4.69) is 15.6 Å². The SMILES string of the molecule is Cc1ccc(NC(=O)Nc2ccc3[nH]c(=O)oc3c2)c(Cl)c1. The van der Waals surface area contributed by atoms with Crippen LogP contribution in [-0.2, 0) is 0 Å². The van der Waals surface area contributed by atoms with E-state index in [4.69, 9.17) is 16.0 Å². The van der Waals surface area contributed by atoms with Gasteiger partial charge in [-0.05, 0) is 36.8 Å². The maximum absolute atomic E-state index is 12.0. The molecule has 0 aliphatic rings. The molecular weight excluding hydrogens is 306 g/mol. The van der Waals surface area contributed by atoms with Gasteiger partial charge in [0.1, 0.15) is 0 Å². The van der Waals surface area contributed by atoms with Gasteiger partial charge in [0.15, 0.2) is 5.58 Å². The number of aryl methyl sites for hydroxylation is 1. The second kappa shape index (κ2) is 5.57. The fourth-order valence-corrected chi connectivity index (χ4v) is 2.31. The molecule has 2 amide bonds. The highest BCUT2D eigenvalue weighted by molar-refractivity contribution is 6.33. The lowest BCUT2D eigenvalue weighted by molar-refractivity contribution is 0.262. The second-order valence-electron chi connectivity index (χ2n) is 4.79. The smallest absolute Gasteiger partial charge is 0.408 e. The normalized spacial score (nSPS) is 10.6. The molecule has 6 nitrogen and oxygen atoms in total. The van der Waals surface area contributed by atoms with Crippen molar-refractivity contribution in [2.24, 2.45) is 0 Å². The fourth-order valence-electron chi connectivity index (χ4n) is 2.03. The van der Waals surface area contributed by atoms with Crippen molar-refractivity contribution in [1.29, 1.82) is 0 Å². The molecule has 1 heterocycles. The maximum atomic E-state index is 12.0. The predicted molar refractivity (Wildman–Crippen MR) is 85.7 cm³/mol. The molecule has 1 aromatic heterocycles. The van der Waals surface area contributed by atoms with E-state index >= 15 is 0 Å². The van der Waals surface area contributed by atoms with Crippen molar-refractivity contribution in [3.63, 3.8) is 0 Å². The van der Waals surface area contributed by atoms with Gasteiger partial charge in [0.05, 0.1) is 16.2 Å². The zero-order valence-corrected chi connectivity index (χ0v) is 12.3. The summed E-state index contributed by atoms with van der Waals surface area (Å²) in [6.45, 7) is 1.91. The number of carbonyl (C=O) groups excluding carboxylic acids is 1. The van der Waals surface area contributed by atoms with Crippen LogP contribution < -0.4 is 16.4 Å². The molecule has 0 aliphatic carbocycles. The summed E-state index contributed by atoms with van der Waals surface area (Å²) in [7, 11) is 0. The summed E-state index contributed by atoms with van der Waals surface area (Å²) < 4.78 is 4.94. The molecule has 0 saturated carbocycles. The van der Waals surface area contributed by atoms with Gasteiger partial charge in [-0.15, -0.1) is 0 Å². The first-order valence-electron chi connectivity index (χ1n) is 6.48. The molecular formula is C15H12ClN3O3. The molecule has 0 fully saturated rings. The molecule has 0 spiro atoms. The number of hydrogen-bond donors (Lipinski definition) is 3. The van der Waals surface area contributed by atoms with Crippen LogP contribution in [0, 0.1) is 6.92 Å². The van der Waals surface area contributed by atoms with Gasteiger partial charge in [-0.25, -0.2) is 9.59 Å². The first-order valence-corrected chi connectivity index (χ1v) is 6.86. The van der Waals surface area contributed by atoms with Crippen molar-refractivity contribution in [3.8, 4) is 0 Å². The summed E-state index contributed by atoms with van der Waals surface area (Å²) in [5.41, 5.74) is 2.95. The number of benzene rings is 2. The Hall–Kier alpha value is -2.73. The van der Waals surface area contributed by atoms with Gasteiger partial charge in [0.25, 0.3) is 0 Å². The molecule has 0 radical (unpaired) electrons. The van der Waals surface area contributed by atoms with Crippen LogP contribution in [0.4, 0.5) is 16.2 Å². The third kappa shape index (κ3) is 2.96. The Kier molecular flexibility index (Phi) is 3.60. The van der Waals surface area contributed by atoms with Crippen LogP contribution in [0.15, 0.2) is 45.6 Å². The summed E-state index contributed by atoms with van der Waals surface area (Å²) in [4.78, 5) is 25.6. The molecule has 0 aliphatic heterocycles. The summed E-state index contributed by atoms with van der Waals surface area (Å²) in [6, 6.07) is 9.76. The number of hydrogen-bond acceptors (Lipinski definition) is 3. The first-order chi connectivity index (χ1) is 10.5. The van der Waals surface area contributed by atoms with E-state index in [-0.39, 0.29) is 0 Å². The van der Waals surface area contributed by atoms with E-state index in [1.165, 1.54) is 0 Å². The molecule has 2 aromatic carbocycles. The topological polar surface area (TPSA) is 87.1 Å². The van der Waals surface area contributed by atoms with Gasteiger partial charge in [-0.2, -0.15) is 0 Å². The number of H-pyrrole nitrogens is 1. The fraction of sp³-hybridized carbons (Fsp3) is 0.0667. The lowest BCUT2D eigenvalue weighted by Crippen LogP contribution is -2.19. The second-order valence-corrected chi connectivity index (χ2v) is 5.20. The molecule has 22 heavy (non-hydrogen) atoms. The minimum absolute atomic E-state index is 0.371. The molecule has 3 N–H and O–H groups in total. The number of amides is 2. The Labute approximate surface area is 130 Å². The number of halogens is 1. The monoisotopic (exact) mass is 317 g/mol. The Morgan fingerprint density at radius 3 is 2.77 bits per heavy atom. The summed E-state index contributed by atoms with van der Waals surface area (Å²) in [6.07, 6.45) is 0. The van der Waals surface area contributed by atoms with Crippen molar-refractivity contribution >= 4 is 40.1 Å². The van der Waals surface area contributed by atoms with E-state index in [0.717, 1.165) is 5.56 Å². The van der Waals surface area contributed by atoms with Gasteiger partial charge in [-0.1, -0.05) is 17.7 Å². The Morgan fingerprint density at radius 2 is 2.00 bits per heavy atom. The summed E-state index contributed by atoms with van der Waals surface area (Å²) in [5.74, 6) is -0.539. The van der Waals surface area contributed by atoms with Crippen molar-refractivity contribution in [2.75, 3.05) is 10.6 Å². The highest BCUT2D eigenvalue weighted by Gasteiger charge is 2.08. The van der Waals surface area contributed by atoms with Crippen LogP contribution in [0.1, 0.15) is 5.56 Å². The van der Waals surface area contributed by atoms with E-state index < -0.39 is 11.8 Å². The van der Waals surface area contributed by atoms with E-state index in [1.54, 1.807) is 30.3 Å². The predicted octanol–water partition coefficient (Wildman–Crippen LogP) is 3.73. The highest BCUT2D eigenvalue weighted by atomic mass is 35.5. The average molecular weight is 318 g/mol. The largest absolute Gasteiger partial charge is 0.417 e. The lowest BCUT2D eigenvalue weighted by Gasteiger charge is -2.09. The Bertz CT molecular complexity index is 914. The number of fused-ring (bicyclic) bond motifs is 1. The van der Waals surface area contributed by atoms with Crippen LogP contribution >= 0.6 is 11.6 Å². The van der Waals surface area contributed by atoms with Gasteiger partial charge in [0.2, 0.25) is 0 Å². The third-order valence-electron chi connectivity index (χ3n) is 3.05. The van der Waals surface area contributed by atoms with Crippen molar-refractivity contribution in [1.82, 2.24) is 4.98 Å². The molecule has 0 unspecified atom stereocenters. The Balaban J connectivity index is 1.76. The number of oxazole rings is 1. The zero-order valence-electron chi connectivity index (χ0n) is 11.6. The van der Waals surface area contributed by atoms with Crippen LogP contribution in [0.3, 0.4) is 0 Å². The van der Waals surface area contributed by atoms with Crippen molar-refractivity contribution in [3.05, 3.63) is 57.5 Å². The maximum Gasteiger partial charge on any atom is 0.417 e. The Morgan fingerprint density at radius 1 is 1.18 bits per heavy atom. The van der Waals surface area contributed by atoms with Crippen LogP contribution in [0.5, 0.6) is 0 Å². The average Bonchev–Trinajstić information content (AvgIpc) is 2.81. The zero-order chi connectivity index (χ0) is 15.7. The minimum atomic E-state index is -0.539. The molecule has 0 bridgehead atoms. The molecule has 0 saturated heterocycles. The minimum Gasteiger partial charge on any atom is -0.408 e. The summed E-state index contributed by atoms with van der Waals surface area (Å²) in [5, 5.41) is 5.77. The van der Waals surface area contributed by atoms with Gasteiger partial charge in [-0.3, -0.25) is 4.98 Å². The standard InChI is InChI=1S/C15H12ClN3O3/c1-8-2-4-11(10(16)6-8)18-14(20)17-9-3-5-12-13(7-9)22-15(21)19-12/h2-7H,1H3,(H,19,21)(H2,17,18,20). The van der Waals surface area contributed by atoms with Crippen LogP contribution in [0.2, 0.25) is 5.02 Å². The van der Waals surface area contributed by atoms with E-state index in [1.807, 2.05) is 13.0 Å². The first kappa shape index (κ1) is 14.2.